The molecule has 0 N–H and O–H groups in total. The number of aryl methyl sites for hydroxylation is 1. The highest BCUT2D eigenvalue weighted by Gasteiger charge is 2.02. The van der Waals surface area contributed by atoms with Crippen molar-refractivity contribution >= 4 is 15.9 Å². The number of ether oxygens (including phenoxy) is 1. The second-order valence-corrected chi connectivity index (χ2v) is 3.86. The van der Waals surface area contributed by atoms with Crippen LogP contribution >= 0.6 is 15.9 Å². The Morgan fingerprint density at radius 2 is 2.07 bits per heavy atom. The highest BCUT2D eigenvalue weighted by atomic mass is 79.9. The van der Waals surface area contributed by atoms with Gasteiger partial charge in [-0.05, 0) is 28.8 Å². The molecule has 0 atom stereocenters. The molecule has 0 spiro atoms. The molecule has 0 unspecified atom stereocenters. The minimum absolute atomic E-state index is 0.664. The van der Waals surface area contributed by atoms with Crippen molar-refractivity contribution in [3.63, 3.8) is 0 Å². The number of aromatic nitrogens is 2. The van der Waals surface area contributed by atoms with Gasteiger partial charge in [-0.3, -0.25) is 0 Å². The van der Waals surface area contributed by atoms with Crippen molar-refractivity contribution in [2.45, 2.75) is 33.1 Å². The third-order valence-corrected chi connectivity index (χ3v) is 2.05. The van der Waals surface area contributed by atoms with E-state index in [4.69, 9.17) is 4.74 Å². The first-order chi connectivity index (χ1) is 6.76. The second-order valence-electron chi connectivity index (χ2n) is 3.04. The zero-order valence-corrected chi connectivity index (χ0v) is 10.2. The first-order valence-corrected chi connectivity index (χ1v) is 5.71. The Kier molecular flexibility index (Phi) is 4.87. The smallest absolute Gasteiger partial charge is 0.217 e. The molecule has 1 heterocycles. The van der Waals surface area contributed by atoms with Crippen LogP contribution in [0.3, 0.4) is 0 Å². The van der Waals surface area contributed by atoms with Gasteiger partial charge in [0.1, 0.15) is 10.4 Å². The molecule has 0 fully saturated rings. The van der Waals surface area contributed by atoms with Gasteiger partial charge in [0.05, 0.1) is 6.61 Å². The van der Waals surface area contributed by atoms with Gasteiger partial charge < -0.3 is 4.74 Å². The molecule has 0 aliphatic heterocycles. The van der Waals surface area contributed by atoms with Gasteiger partial charge in [-0.2, -0.15) is 4.98 Å². The Morgan fingerprint density at radius 3 is 2.71 bits per heavy atom. The third kappa shape index (κ3) is 3.62. The SMILES string of the molecule is CCCOc1cc(Br)nc(CCC)n1. The molecule has 0 aliphatic rings. The summed E-state index contributed by atoms with van der Waals surface area (Å²) in [7, 11) is 0. The van der Waals surface area contributed by atoms with Gasteiger partial charge in [0.25, 0.3) is 0 Å². The molecule has 78 valence electrons. The van der Waals surface area contributed by atoms with Crippen LogP contribution in [-0.4, -0.2) is 16.6 Å². The Morgan fingerprint density at radius 1 is 1.29 bits per heavy atom. The lowest BCUT2D eigenvalue weighted by Crippen LogP contribution is -2.01. The van der Waals surface area contributed by atoms with Gasteiger partial charge in [0.2, 0.25) is 5.88 Å². The Labute approximate surface area is 93.0 Å². The molecule has 4 heteroatoms. The van der Waals surface area contributed by atoms with Crippen molar-refractivity contribution in [2.75, 3.05) is 6.61 Å². The predicted molar refractivity (Wildman–Crippen MR) is 59.5 cm³/mol. The number of hydrogen-bond acceptors (Lipinski definition) is 3. The van der Waals surface area contributed by atoms with E-state index in [1.165, 1.54) is 0 Å². The molecule has 0 radical (unpaired) electrons. The lowest BCUT2D eigenvalue weighted by Gasteiger charge is -2.05. The monoisotopic (exact) mass is 258 g/mol. The molecular weight excluding hydrogens is 244 g/mol. The average molecular weight is 259 g/mol. The predicted octanol–water partition coefficient (Wildman–Crippen LogP) is 2.98. The van der Waals surface area contributed by atoms with Gasteiger partial charge in [0.15, 0.2) is 0 Å². The van der Waals surface area contributed by atoms with Crippen LogP contribution in [0, 0.1) is 0 Å². The summed E-state index contributed by atoms with van der Waals surface area (Å²) in [6.07, 6.45) is 2.93. The standard InChI is InChI=1S/C10H15BrN2O/c1-3-5-9-12-8(11)7-10(13-9)14-6-4-2/h7H,3-6H2,1-2H3. The summed E-state index contributed by atoms with van der Waals surface area (Å²) in [5, 5.41) is 0. The molecule has 0 aliphatic carbocycles. The number of nitrogens with zero attached hydrogens (tertiary/aromatic N) is 2. The van der Waals surface area contributed by atoms with E-state index in [0.29, 0.717) is 12.5 Å². The average Bonchev–Trinajstić information content (AvgIpc) is 2.14. The second kappa shape index (κ2) is 5.96. The van der Waals surface area contributed by atoms with E-state index in [9.17, 15) is 0 Å². The topological polar surface area (TPSA) is 35.0 Å². The van der Waals surface area contributed by atoms with Crippen molar-refractivity contribution in [2.24, 2.45) is 0 Å². The van der Waals surface area contributed by atoms with Crippen molar-refractivity contribution in [1.29, 1.82) is 0 Å². The molecular formula is C10H15BrN2O. The minimum atomic E-state index is 0.664. The van der Waals surface area contributed by atoms with Crippen molar-refractivity contribution in [1.82, 2.24) is 9.97 Å². The van der Waals surface area contributed by atoms with Crippen LogP contribution in [0.15, 0.2) is 10.7 Å². The zero-order chi connectivity index (χ0) is 10.4. The van der Waals surface area contributed by atoms with Crippen LogP contribution in [0.1, 0.15) is 32.5 Å². The largest absolute Gasteiger partial charge is 0.478 e. The van der Waals surface area contributed by atoms with Crippen LogP contribution < -0.4 is 4.74 Å². The van der Waals surface area contributed by atoms with Crippen LogP contribution in [0.25, 0.3) is 0 Å². The van der Waals surface area contributed by atoms with Crippen molar-refractivity contribution < 1.29 is 4.74 Å². The van der Waals surface area contributed by atoms with Gasteiger partial charge in [-0.1, -0.05) is 13.8 Å². The molecule has 0 saturated carbocycles. The number of rotatable bonds is 5. The molecule has 0 bridgehead atoms. The van der Waals surface area contributed by atoms with E-state index in [1.54, 1.807) is 6.07 Å². The van der Waals surface area contributed by atoms with E-state index in [0.717, 1.165) is 29.7 Å². The molecule has 0 amide bonds. The van der Waals surface area contributed by atoms with E-state index in [2.05, 4.69) is 39.7 Å². The normalized spacial score (nSPS) is 10.2. The summed E-state index contributed by atoms with van der Waals surface area (Å²) in [5.41, 5.74) is 0. The molecule has 1 aromatic rings. The quantitative estimate of drug-likeness (QED) is 0.762. The highest BCUT2D eigenvalue weighted by Crippen LogP contribution is 2.15. The number of halogens is 1. The summed E-state index contributed by atoms with van der Waals surface area (Å²) >= 11 is 3.34. The van der Waals surface area contributed by atoms with Gasteiger partial charge in [0, 0.05) is 12.5 Å². The Balaban J connectivity index is 2.73. The fraction of sp³-hybridized carbons (Fsp3) is 0.600. The fourth-order valence-corrected chi connectivity index (χ4v) is 1.46. The molecule has 0 saturated heterocycles. The third-order valence-electron chi connectivity index (χ3n) is 1.65. The van der Waals surface area contributed by atoms with Crippen LogP contribution in [0.5, 0.6) is 5.88 Å². The summed E-state index contributed by atoms with van der Waals surface area (Å²) in [6.45, 7) is 4.88. The lowest BCUT2D eigenvalue weighted by atomic mass is 10.3. The summed E-state index contributed by atoms with van der Waals surface area (Å²) in [5.74, 6) is 1.50. The van der Waals surface area contributed by atoms with E-state index >= 15 is 0 Å². The van der Waals surface area contributed by atoms with E-state index in [-0.39, 0.29) is 0 Å². The maximum atomic E-state index is 5.44. The summed E-state index contributed by atoms with van der Waals surface area (Å²) in [6, 6.07) is 1.80. The van der Waals surface area contributed by atoms with Crippen LogP contribution in [-0.2, 0) is 6.42 Å². The van der Waals surface area contributed by atoms with Gasteiger partial charge >= 0.3 is 0 Å². The first-order valence-electron chi connectivity index (χ1n) is 4.92. The lowest BCUT2D eigenvalue weighted by molar-refractivity contribution is 0.303. The van der Waals surface area contributed by atoms with Crippen molar-refractivity contribution in [3.05, 3.63) is 16.5 Å². The summed E-state index contributed by atoms with van der Waals surface area (Å²) < 4.78 is 6.24. The van der Waals surface area contributed by atoms with E-state index in [1.807, 2.05) is 0 Å². The molecule has 3 nitrogen and oxygen atoms in total. The zero-order valence-electron chi connectivity index (χ0n) is 8.59. The molecule has 0 aromatic carbocycles. The first kappa shape index (κ1) is 11.4. The van der Waals surface area contributed by atoms with Crippen LogP contribution in [0.4, 0.5) is 0 Å². The molecule has 14 heavy (non-hydrogen) atoms. The maximum absolute atomic E-state index is 5.44. The van der Waals surface area contributed by atoms with E-state index < -0.39 is 0 Å². The molecule has 1 rings (SSSR count). The number of hydrogen-bond donors (Lipinski definition) is 0. The Bertz CT molecular complexity index is 291. The molecule has 1 aromatic heterocycles. The Hall–Kier alpha value is -0.640. The van der Waals surface area contributed by atoms with Gasteiger partial charge in [-0.25, -0.2) is 4.98 Å². The fourth-order valence-electron chi connectivity index (χ4n) is 1.06. The minimum Gasteiger partial charge on any atom is -0.478 e. The van der Waals surface area contributed by atoms with Crippen molar-refractivity contribution in [3.8, 4) is 5.88 Å². The highest BCUT2D eigenvalue weighted by molar-refractivity contribution is 9.10. The summed E-state index contributed by atoms with van der Waals surface area (Å²) in [4.78, 5) is 8.55. The van der Waals surface area contributed by atoms with Crippen LogP contribution in [0.2, 0.25) is 0 Å². The maximum Gasteiger partial charge on any atom is 0.217 e. The van der Waals surface area contributed by atoms with Gasteiger partial charge in [-0.15, -0.1) is 0 Å².